The largest absolute Gasteiger partial charge is 0.336 e. The number of carbonyl (C=O) groups excluding carboxylic acids is 1. The minimum Gasteiger partial charge on any atom is -0.336 e. The van der Waals surface area contributed by atoms with Gasteiger partial charge in [-0.3, -0.25) is 10.3 Å². The fourth-order valence-electron chi connectivity index (χ4n) is 1.14. The van der Waals surface area contributed by atoms with Gasteiger partial charge in [0.05, 0.1) is 6.04 Å². The van der Waals surface area contributed by atoms with Crippen LogP contribution in [0.25, 0.3) is 0 Å². The van der Waals surface area contributed by atoms with Gasteiger partial charge in [-0.2, -0.15) is 0 Å². The van der Waals surface area contributed by atoms with Crippen molar-refractivity contribution in [1.29, 1.82) is 5.41 Å². The van der Waals surface area contributed by atoms with Gasteiger partial charge >= 0.3 is 6.03 Å². The molecule has 5 nitrogen and oxygen atoms in total. The van der Waals surface area contributed by atoms with Gasteiger partial charge in [-0.25, -0.2) is 4.79 Å². The number of nitrogens with one attached hydrogen (secondary N) is 2. The first kappa shape index (κ1) is 8.99. The molecule has 1 unspecified atom stereocenters. The Hall–Kier alpha value is -1.10. The van der Waals surface area contributed by atoms with Gasteiger partial charge in [-0.15, -0.1) is 0 Å². The lowest BCUT2D eigenvalue weighted by Gasteiger charge is -2.31. The molecule has 4 N–H and O–H groups in total. The lowest BCUT2D eigenvalue weighted by atomic mass is 10.2. The highest BCUT2D eigenvalue weighted by atomic mass is 16.2. The zero-order valence-electron chi connectivity index (χ0n) is 7.13. The van der Waals surface area contributed by atoms with Gasteiger partial charge in [0, 0.05) is 13.1 Å². The highest BCUT2D eigenvalue weighted by molar-refractivity contribution is 6.01. The zero-order valence-corrected chi connectivity index (χ0v) is 7.13. The number of amidine groups is 1. The van der Waals surface area contributed by atoms with Crippen molar-refractivity contribution in [2.75, 3.05) is 13.1 Å². The average Bonchev–Trinajstić information content (AvgIpc) is 2.06. The normalized spacial score (nSPS) is 24.2. The van der Waals surface area contributed by atoms with Gasteiger partial charge in [0.15, 0.2) is 0 Å². The van der Waals surface area contributed by atoms with Gasteiger partial charge in [0.1, 0.15) is 5.84 Å². The Kier molecular flexibility index (Phi) is 2.65. The maximum absolute atomic E-state index is 11.2. The number of hydrogen-bond donors (Lipinski definition) is 3. The first-order valence-electron chi connectivity index (χ1n) is 4.06. The van der Waals surface area contributed by atoms with Crippen LogP contribution in [0.5, 0.6) is 0 Å². The van der Waals surface area contributed by atoms with Crippen molar-refractivity contribution in [3.8, 4) is 0 Å². The Balaban J connectivity index is 2.65. The van der Waals surface area contributed by atoms with Crippen molar-refractivity contribution >= 4 is 11.9 Å². The fraction of sp³-hybridized carbons (Fsp3) is 0.714. The number of nitrogens with two attached hydrogens (primary N) is 1. The molecule has 5 heteroatoms. The highest BCUT2D eigenvalue weighted by Crippen LogP contribution is 2.01. The lowest BCUT2D eigenvalue weighted by molar-refractivity contribution is 0.214. The molecule has 0 saturated carbocycles. The maximum Gasteiger partial charge on any atom is 0.322 e. The topological polar surface area (TPSA) is 82.2 Å². The molecule has 1 saturated heterocycles. The standard InChI is InChI=1S/C7H14N4O/c1-2-3-11-6(9)5(8)4-10-7(11)12/h5,9H,2-4,8H2,1H3,(H,10,12). The second kappa shape index (κ2) is 3.53. The first-order chi connectivity index (χ1) is 5.66. The molecule has 0 aromatic carbocycles. The second-order valence-electron chi connectivity index (χ2n) is 2.83. The van der Waals surface area contributed by atoms with Crippen LogP contribution in [0.3, 0.4) is 0 Å². The lowest BCUT2D eigenvalue weighted by Crippen LogP contribution is -2.60. The summed E-state index contributed by atoms with van der Waals surface area (Å²) in [6.07, 6.45) is 0.836. The first-order valence-corrected chi connectivity index (χ1v) is 4.06. The SMILES string of the molecule is CCCN1C(=N)C(N)CNC1=O. The van der Waals surface area contributed by atoms with Gasteiger partial charge in [0.2, 0.25) is 0 Å². The Labute approximate surface area is 71.4 Å². The van der Waals surface area contributed by atoms with Crippen LogP contribution in [0.1, 0.15) is 13.3 Å². The van der Waals surface area contributed by atoms with Crippen molar-refractivity contribution in [2.24, 2.45) is 5.73 Å². The summed E-state index contributed by atoms with van der Waals surface area (Å²) < 4.78 is 0. The summed E-state index contributed by atoms with van der Waals surface area (Å²) in [7, 11) is 0. The molecule has 0 radical (unpaired) electrons. The number of nitrogens with zero attached hydrogens (tertiary/aromatic N) is 1. The van der Waals surface area contributed by atoms with E-state index in [0.717, 1.165) is 6.42 Å². The van der Waals surface area contributed by atoms with E-state index in [0.29, 0.717) is 13.1 Å². The van der Waals surface area contributed by atoms with Crippen molar-refractivity contribution in [3.05, 3.63) is 0 Å². The Bertz CT molecular complexity index is 204. The molecule has 1 rings (SSSR count). The van der Waals surface area contributed by atoms with E-state index >= 15 is 0 Å². The monoisotopic (exact) mass is 170 g/mol. The minimum absolute atomic E-state index is 0.205. The predicted octanol–water partition coefficient (Wildman–Crippen LogP) is -0.274. The maximum atomic E-state index is 11.2. The van der Waals surface area contributed by atoms with Gasteiger partial charge in [-0.05, 0) is 6.42 Å². The molecule has 0 aromatic heterocycles. The van der Waals surface area contributed by atoms with E-state index in [1.807, 2.05) is 6.92 Å². The number of carbonyl (C=O) groups is 1. The van der Waals surface area contributed by atoms with Crippen molar-refractivity contribution in [1.82, 2.24) is 10.2 Å². The van der Waals surface area contributed by atoms with E-state index < -0.39 is 0 Å². The van der Waals surface area contributed by atoms with Gasteiger partial charge in [-0.1, -0.05) is 6.92 Å². The molecule has 12 heavy (non-hydrogen) atoms. The van der Waals surface area contributed by atoms with Crippen LogP contribution >= 0.6 is 0 Å². The quantitative estimate of drug-likeness (QED) is 0.533. The number of urea groups is 1. The van der Waals surface area contributed by atoms with Crippen molar-refractivity contribution in [3.63, 3.8) is 0 Å². The van der Waals surface area contributed by atoms with Crippen LogP contribution in [-0.2, 0) is 0 Å². The van der Waals surface area contributed by atoms with Crippen LogP contribution in [0.4, 0.5) is 4.79 Å². The average molecular weight is 170 g/mol. The van der Waals surface area contributed by atoms with Crippen LogP contribution < -0.4 is 11.1 Å². The van der Waals surface area contributed by atoms with Crippen LogP contribution in [0.15, 0.2) is 0 Å². The van der Waals surface area contributed by atoms with Gasteiger partial charge < -0.3 is 11.1 Å². The predicted molar refractivity (Wildman–Crippen MR) is 46.1 cm³/mol. The van der Waals surface area contributed by atoms with Gasteiger partial charge in [0.25, 0.3) is 0 Å². The van der Waals surface area contributed by atoms with E-state index in [1.165, 1.54) is 4.90 Å². The highest BCUT2D eigenvalue weighted by Gasteiger charge is 2.27. The summed E-state index contributed by atoms with van der Waals surface area (Å²) in [6, 6.07) is -0.558. The molecule has 1 atom stereocenters. The van der Waals surface area contributed by atoms with Crippen LogP contribution in [-0.4, -0.2) is 35.9 Å². The molecule has 1 fully saturated rings. The molecule has 1 aliphatic rings. The minimum atomic E-state index is -0.353. The Morgan fingerprint density at radius 2 is 2.50 bits per heavy atom. The second-order valence-corrected chi connectivity index (χ2v) is 2.83. The number of amides is 2. The third kappa shape index (κ3) is 1.55. The number of hydrogen-bond acceptors (Lipinski definition) is 3. The third-order valence-corrected chi connectivity index (χ3v) is 1.81. The van der Waals surface area contributed by atoms with Crippen molar-refractivity contribution in [2.45, 2.75) is 19.4 Å². The van der Waals surface area contributed by atoms with Crippen molar-refractivity contribution < 1.29 is 4.79 Å². The van der Waals surface area contributed by atoms with E-state index in [-0.39, 0.29) is 17.9 Å². The van der Waals surface area contributed by atoms with E-state index in [9.17, 15) is 4.79 Å². The molecule has 0 aliphatic carbocycles. The zero-order chi connectivity index (χ0) is 9.14. The molecule has 0 spiro atoms. The summed E-state index contributed by atoms with van der Waals surface area (Å²) >= 11 is 0. The van der Waals surface area contributed by atoms with E-state index in [1.54, 1.807) is 0 Å². The number of rotatable bonds is 2. The molecule has 1 heterocycles. The van der Waals surface area contributed by atoms with E-state index in [2.05, 4.69) is 5.32 Å². The molecule has 68 valence electrons. The molecule has 2 amide bonds. The molecule has 1 aliphatic heterocycles. The van der Waals surface area contributed by atoms with Crippen LogP contribution in [0.2, 0.25) is 0 Å². The van der Waals surface area contributed by atoms with E-state index in [4.69, 9.17) is 11.1 Å². The Morgan fingerprint density at radius 3 is 3.08 bits per heavy atom. The molecule has 0 bridgehead atoms. The molecular formula is C7H14N4O. The van der Waals surface area contributed by atoms with Crippen LogP contribution in [0, 0.1) is 5.41 Å². The summed E-state index contributed by atoms with van der Waals surface area (Å²) in [5, 5.41) is 10.1. The summed E-state index contributed by atoms with van der Waals surface area (Å²) in [5.74, 6) is 0.223. The smallest absolute Gasteiger partial charge is 0.322 e. The molecule has 0 aromatic rings. The summed E-state index contributed by atoms with van der Waals surface area (Å²) in [5.41, 5.74) is 5.58. The Morgan fingerprint density at radius 1 is 1.83 bits per heavy atom. The summed E-state index contributed by atoms with van der Waals surface area (Å²) in [4.78, 5) is 12.5. The summed E-state index contributed by atoms with van der Waals surface area (Å²) in [6.45, 7) is 2.90. The fourth-order valence-corrected chi connectivity index (χ4v) is 1.14. The molecular weight excluding hydrogens is 156 g/mol. The third-order valence-electron chi connectivity index (χ3n) is 1.81.